The quantitative estimate of drug-likeness (QED) is 0.825. The highest BCUT2D eigenvalue weighted by Crippen LogP contribution is 2.23. The van der Waals surface area contributed by atoms with Crippen LogP contribution in [-0.2, 0) is 0 Å². The third-order valence-electron chi connectivity index (χ3n) is 2.15. The lowest BCUT2D eigenvalue weighted by molar-refractivity contribution is 0.216. The standard InChI is InChI=1S/C13H20ClNO/c1-10(2)8-15-9-11(3)16-13-7-5-4-6-12(13)14/h4-7,10-11,15H,8-9H2,1-3H3. The van der Waals surface area contributed by atoms with Gasteiger partial charge in [0.2, 0.25) is 0 Å². The molecule has 16 heavy (non-hydrogen) atoms. The van der Waals surface area contributed by atoms with E-state index in [1.54, 1.807) is 0 Å². The van der Waals surface area contributed by atoms with Gasteiger partial charge in [0.15, 0.2) is 0 Å². The van der Waals surface area contributed by atoms with Crippen LogP contribution < -0.4 is 10.1 Å². The SMILES string of the molecule is CC(C)CNCC(C)Oc1ccccc1Cl. The molecule has 0 saturated carbocycles. The summed E-state index contributed by atoms with van der Waals surface area (Å²) in [6.45, 7) is 8.26. The number of hydrogen-bond donors (Lipinski definition) is 1. The zero-order chi connectivity index (χ0) is 12.0. The van der Waals surface area contributed by atoms with E-state index in [2.05, 4.69) is 19.2 Å². The minimum Gasteiger partial charge on any atom is -0.488 e. The van der Waals surface area contributed by atoms with E-state index in [0.717, 1.165) is 18.8 Å². The Labute approximate surface area is 103 Å². The van der Waals surface area contributed by atoms with Crippen LogP contribution in [0.25, 0.3) is 0 Å². The molecule has 0 aliphatic carbocycles. The minimum absolute atomic E-state index is 0.124. The monoisotopic (exact) mass is 241 g/mol. The molecule has 0 aromatic heterocycles. The second-order valence-electron chi connectivity index (χ2n) is 4.41. The molecule has 1 atom stereocenters. The fraction of sp³-hybridized carbons (Fsp3) is 0.538. The number of para-hydroxylation sites is 1. The Hall–Kier alpha value is -0.730. The van der Waals surface area contributed by atoms with Gasteiger partial charge in [-0.15, -0.1) is 0 Å². The molecule has 1 unspecified atom stereocenters. The molecule has 0 spiro atoms. The number of halogens is 1. The number of nitrogens with one attached hydrogen (secondary N) is 1. The molecule has 0 saturated heterocycles. The zero-order valence-electron chi connectivity index (χ0n) is 10.2. The van der Waals surface area contributed by atoms with Gasteiger partial charge >= 0.3 is 0 Å². The number of ether oxygens (including phenoxy) is 1. The fourth-order valence-corrected chi connectivity index (χ4v) is 1.55. The summed E-state index contributed by atoms with van der Waals surface area (Å²) in [6, 6.07) is 7.55. The topological polar surface area (TPSA) is 21.3 Å². The molecule has 2 nitrogen and oxygen atoms in total. The minimum atomic E-state index is 0.124. The Morgan fingerprint density at radius 2 is 1.88 bits per heavy atom. The van der Waals surface area contributed by atoms with Crippen molar-refractivity contribution >= 4 is 11.6 Å². The van der Waals surface area contributed by atoms with Crippen LogP contribution in [-0.4, -0.2) is 19.2 Å². The van der Waals surface area contributed by atoms with Gasteiger partial charge < -0.3 is 10.1 Å². The van der Waals surface area contributed by atoms with Crippen LogP contribution >= 0.6 is 11.6 Å². The van der Waals surface area contributed by atoms with Crippen molar-refractivity contribution in [2.75, 3.05) is 13.1 Å². The summed E-state index contributed by atoms with van der Waals surface area (Å²) < 4.78 is 5.73. The first-order valence-electron chi connectivity index (χ1n) is 5.71. The Morgan fingerprint density at radius 1 is 1.19 bits per heavy atom. The molecule has 1 aromatic rings. The molecular weight excluding hydrogens is 222 g/mol. The van der Waals surface area contributed by atoms with E-state index >= 15 is 0 Å². The largest absolute Gasteiger partial charge is 0.488 e. The summed E-state index contributed by atoms with van der Waals surface area (Å²) in [5, 5.41) is 4.02. The highest BCUT2D eigenvalue weighted by Gasteiger charge is 2.06. The smallest absolute Gasteiger partial charge is 0.138 e. The van der Waals surface area contributed by atoms with Crippen molar-refractivity contribution in [2.24, 2.45) is 5.92 Å². The van der Waals surface area contributed by atoms with Crippen molar-refractivity contribution in [3.8, 4) is 5.75 Å². The Kier molecular flexibility index (Phi) is 5.64. The zero-order valence-corrected chi connectivity index (χ0v) is 10.9. The van der Waals surface area contributed by atoms with Gasteiger partial charge in [0, 0.05) is 6.54 Å². The van der Waals surface area contributed by atoms with Crippen molar-refractivity contribution in [1.29, 1.82) is 0 Å². The van der Waals surface area contributed by atoms with Crippen LogP contribution in [0.3, 0.4) is 0 Å². The molecular formula is C13H20ClNO. The van der Waals surface area contributed by atoms with Crippen LogP contribution in [0.15, 0.2) is 24.3 Å². The van der Waals surface area contributed by atoms with Crippen LogP contribution in [0.4, 0.5) is 0 Å². The van der Waals surface area contributed by atoms with Gasteiger partial charge in [0.05, 0.1) is 5.02 Å². The van der Waals surface area contributed by atoms with E-state index in [4.69, 9.17) is 16.3 Å². The number of rotatable bonds is 6. The molecule has 90 valence electrons. The average Bonchev–Trinajstić information content (AvgIpc) is 2.21. The summed E-state index contributed by atoms with van der Waals surface area (Å²) in [5.41, 5.74) is 0. The first-order valence-corrected chi connectivity index (χ1v) is 6.09. The molecule has 1 aromatic carbocycles. The predicted octanol–water partition coefficient (Wildman–Crippen LogP) is 3.35. The maximum Gasteiger partial charge on any atom is 0.138 e. The van der Waals surface area contributed by atoms with Crippen molar-refractivity contribution < 1.29 is 4.74 Å². The lowest BCUT2D eigenvalue weighted by Gasteiger charge is -2.17. The molecule has 0 fully saturated rings. The molecule has 0 aliphatic rings. The summed E-state index contributed by atoms with van der Waals surface area (Å²) in [6.07, 6.45) is 0.124. The van der Waals surface area contributed by atoms with E-state index in [-0.39, 0.29) is 6.10 Å². The normalized spacial score (nSPS) is 12.8. The Balaban J connectivity index is 2.34. The molecule has 0 amide bonds. The number of hydrogen-bond acceptors (Lipinski definition) is 2. The van der Waals surface area contributed by atoms with Crippen LogP contribution in [0.5, 0.6) is 5.75 Å². The molecule has 0 heterocycles. The summed E-state index contributed by atoms with van der Waals surface area (Å²) in [5.74, 6) is 1.41. The molecule has 0 aliphatic heterocycles. The first kappa shape index (κ1) is 13.3. The van der Waals surface area contributed by atoms with Gasteiger partial charge in [-0.25, -0.2) is 0 Å². The lowest BCUT2D eigenvalue weighted by atomic mass is 10.2. The van der Waals surface area contributed by atoms with Gasteiger partial charge in [-0.05, 0) is 31.5 Å². The summed E-state index contributed by atoms with van der Waals surface area (Å²) in [4.78, 5) is 0. The van der Waals surface area contributed by atoms with E-state index in [1.807, 2.05) is 31.2 Å². The van der Waals surface area contributed by atoms with E-state index < -0.39 is 0 Å². The highest BCUT2D eigenvalue weighted by molar-refractivity contribution is 6.32. The van der Waals surface area contributed by atoms with E-state index in [1.165, 1.54) is 0 Å². The van der Waals surface area contributed by atoms with Gasteiger partial charge in [-0.3, -0.25) is 0 Å². The molecule has 0 bridgehead atoms. The van der Waals surface area contributed by atoms with Gasteiger partial charge in [-0.2, -0.15) is 0 Å². The predicted molar refractivity (Wildman–Crippen MR) is 69.2 cm³/mol. The molecule has 3 heteroatoms. The highest BCUT2D eigenvalue weighted by atomic mass is 35.5. The van der Waals surface area contributed by atoms with Crippen molar-refractivity contribution in [2.45, 2.75) is 26.9 Å². The maximum absolute atomic E-state index is 6.01. The second kappa shape index (κ2) is 6.77. The summed E-state index contributed by atoms with van der Waals surface area (Å²) in [7, 11) is 0. The number of benzene rings is 1. The van der Waals surface area contributed by atoms with Crippen LogP contribution in [0, 0.1) is 5.92 Å². The van der Waals surface area contributed by atoms with Crippen LogP contribution in [0.1, 0.15) is 20.8 Å². The molecule has 0 radical (unpaired) electrons. The third kappa shape index (κ3) is 4.86. The maximum atomic E-state index is 6.01. The fourth-order valence-electron chi connectivity index (χ4n) is 1.37. The Bertz CT molecular complexity index is 315. The lowest BCUT2D eigenvalue weighted by Crippen LogP contribution is -2.31. The van der Waals surface area contributed by atoms with Gasteiger partial charge in [0.1, 0.15) is 11.9 Å². The second-order valence-corrected chi connectivity index (χ2v) is 4.82. The average molecular weight is 242 g/mol. The molecule has 1 rings (SSSR count). The van der Waals surface area contributed by atoms with Crippen molar-refractivity contribution in [3.05, 3.63) is 29.3 Å². The summed E-state index contributed by atoms with van der Waals surface area (Å²) >= 11 is 6.01. The van der Waals surface area contributed by atoms with Crippen LogP contribution in [0.2, 0.25) is 5.02 Å². The third-order valence-corrected chi connectivity index (χ3v) is 2.46. The van der Waals surface area contributed by atoms with Crippen molar-refractivity contribution in [1.82, 2.24) is 5.32 Å². The molecule has 1 N–H and O–H groups in total. The van der Waals surface area contributed by atoms with Gasteiger partial charge in [-0.1, -0.05) is 37.6 Å². The van der Waals surface area contributed by atoms with E-state index in [9.17, 15) is 0 Å². The van der Waals surface area contributed by atoms with Gasteiger partial charge in [0.25, 0.3) is 0 Å². The first-order chi connectivity index (χ1) is 7.59. The van der Waals surface area contributed by atoms with Crippen molar-refractivity contribution in [3.63, 3.8) is 0 Å². The Morgan fingerprint density at radius 3 is 2.50 bits per heavy atom. The van der Waals surface area contributed by atoms with E-state index in [0.29, 0.717) is 10.9 Å².